The summed E-state index contributed by atoms with van der Waals surface area (Å²) in [6.07, 6.45) is 3.06. The topological polar surface area (TPSA) is 79.9 Å². The van der Waals surface area contributed by atoms with Crippen LogP contribution in [0, 0.1) is 5.82 Å². The normalized spacial score (nSPS) is 15.6. The lowest BCUT2D eigenvalue weighted by molar-refractivity contribution is 0.0487. The summed E-state index contributed by atoms with van der Waals surface area (Å²) in [6.45, 7) is 1.75. The Morgan fingerprint density at radius 1 is 1.13 bits per heavy atom. The Labute approximate surface area is 178 Å². The summed E-state index contributed by atoms with van der Waals surface area (Å²) in [4.78, 5) is 16.8. The highest BCUT2D eigenvalue weighted by atomic mass is 32.2. The number of thioether (sulfide) groups is 1. The number of carbonyl (C=O) groups excluding carboxylic acids is 1. The summed E-state index contributed by atoms with van der Waals surface area (Å²) in [5.41, 5.74) is 2.51. The molecule has 0 atom stereocenters. The van der Waals surface area contributed by atoms with E-state index >= 15 is 0 Å². The molecule has 0 aliphatic carbocycles. The number of benzene rings is 2. The quantitative estimate of drug-likeness (QED) is 0.563. The molecule has 0 radical (unpaired) electrons. The van der Waals surface area contributed by atoms with E-state index < -0.39 is 0 Å². The lowest BCUT2D eigenvalue weighted by Gasteiger charge is -2.38. The van der Waals surface area contributed by atoms with Gasteiger partial charge in [-0.2, -0.15) is 5.10 Å². The molecule has 156 valence electrons. The van der Waals surface area contributed by atoms with Crippen LogP contribution in [0.25, 0.3) is 0 Å². The number of carbonyl (C=O) groups is 1. The Morgan fingerprint density at radius 3 is 2.53 bits per heavy atom. The first-order chi connectivity index (χ1) is 14.6. The Kier molecular flexibility index (Phi) is 6.44. The Bertz CT molecular complexity index is 956. The minimum absolute atomic E-state index is 0.114. The van der Waals surface area contributed by atoms with Gasteiger partial charge >= 0.3 is 0 Å². The Morgan fingerprint density at radius 2 is 1.87 bits per heavy atom. The molecule has 2 heterocycles. The largest absolute Gasteiger partial charge is 0.381 e. The van der Waals surface area contributed by atoms with E-state index in [1.54, 1.807) is 11.8 Å². The number of aromatic nitrogens is 3. The molecule has 2 N–H and O–H groups in total. The van der Waals surface area contributed by atoms with Gasteiger partial charge in [0.05, 0.1) is 0 Å². The van der Waals surface area contributed by atoms with Gasteiger partial charge in [-0.3, -0.25) is 9.89 Å². The minimum atomic E-state index is -0.258. The van der Waals surface area contributed by atoms with Crippen LogP contribution >= 0.6 is 11.8 Å². The molecule has 0 saturated carbocycles. The fourth-order valence-electron chi connectivity index (χ4n) is 3.65. The summed E-state index contributed by atoms with van der Waals surface area (Å²) < 4.78 is 18.9. The lowest BCUT2D eigenvalue weighted by Crippen LogP contribution is -2.44. The predicted octanol–water partition coefficient (Wildman–Crippen LogP) is 3.71. The summed E-state index contributed by atoms with van der Waals surface area (Å²) >= 11 is 1.55. The van der Waals surface area contributed by atoms with Crippen LogP contribution < -0.4 is 5.32 Å². The van der Waals surface area contributed by atoms with Crippen molar-refractivity contribution in [3.05, 3.63) is 77.4 Å². The maximum atomic E-state index is 13.4. The van der Waals surface area contributed by atoms with E-state index in [0.29, 0.717) is 25.3 Å². The van der Waals surface area contributed by atoms with Gasteiger partial charge in [-0.1, -0.05) is 36.0 Å². The first kappa shape index (κ1) is 20.6. The van der Waals surface area contributed by atoms with Gasteiger partial charge < -0.3 is 10.1 Å². The first-order valence-electron chi connectivity index (χ1n) is 9.84. The second-order valence-electron chi connectivity index (χ2n) is 7.36. The number of halogens is 1. The van der Waals surface area contributed by atoms with Crippen molar-refractivity contribution < 1.29 is 13.9 Å². The van der Waals surface area contributed by atoms with Crippen LogP contribution in [0.1, 0.15) is 34.3 Å². The van der Waals surface area contributed by atoms with E-state index in [4.69, 9.17) is 4.74 Å². The molecule has 3 aromatic rings. The van der Waals surface area contributed by atoms with Crippen LogP contribution in [0.15, 0.2) is 60.0 Å². The Hall–Kier alpha value is -2.71. The highest BCUT2D eigenvalue weighted by Gasteiger charge is 2.35. The van der Waals surface area contributed by atoms with Crippen molar-refractivity contribution in [1.82, 2.24) is 20.5 Å². The molecule has 0 spiro atoms. The third-order valence-corrected chi connectivity index (χ3v) is 6.43. The van der Waals surface area contributed by atoms with Crippen molar-refractivity contribution in [2.24, 2.45) is 0 Å². The number of rotatable bonds is 7. The zero-order valence-electron chi connectivity index (χ0n) is 16.4. The average Bonchev–Trinajstić information content (AvgIpc) is 3.31. The molecule has 4 rings (SSSR count). The zero-order valence-corrected chi connectivity index (χ0v) is 17.3. The van der Waals surface area contributed by atoms with Crippen LogP contribution in [0.2, 0.25) is 0 Å². The molecule has 0 unspecified atom stereocenters. The summed E-state index contributed by atoms with van der Waals surface area (Å²) in [5, 5.41) is 10.5. The van der Waals surface area contributed by atoms with Gasteiger partial charge in [0.25, 0.3) is 5.91 Å². The molecule has 1 saturated heterocycles. The number of hydrogen-bond donors (Lipinski definition) is 2. The molecule has 1 fully saturated rings. The second-order valence-corrected chi connectivity index (χ2v) is 8.32. The molecule has 1 aliphatic rings. The molecule has 2 aromatic carbocycles. The number of nitrogens with one attached hydrogen (secondary N) is 2. The van der Waals surface area contributed by atoms with Gasteiger partial charge in [0.2, 0.25) is 0 Å². The number of hydrogen-bond acceptors (Lipinski definition) is 5. The van der Waals surface area contributed by atoms with E-state index in [-0.39, 0.29) is 17.1 Å². The van der Waals surface area contributed by atoms with E-state index in [0.717, 1.165) is 34.9 Å². The lowest BCUT2D eigenvalue weighted by atomic mass is 9.74. The molecule has 1 amide bonds. The SMILES string of the molecule is O=C(NCC1(c2ccc(F)cc2)CCOCC1)c1ccc(CSc2ncn[nH]2)cc1. The third kappa shape index (κ3) is 4.88. The van der Waals surface area contributed by atoms with Gasteiger partial charge in [-0.15, -0.1) is 0 Å². The molecule has 6 nitrogen and oxygen atoms in total. The van der Waals surface area contributed by atoms with E-state index in [1.807, 2.05) is 36.4 Å². The van der Waals surface area contributed by atoms with Crippen molar-refractivity contribution in [3.63, 3.8) is 0 Å². The van der Waals surface area contributed by atoms with E-state index in [9.17, 15) is 9.18 Å². The van der Waals surface area contributed by atoms with Crippen molar-refractivity contribution in [2.75, 3.05) is 19.8 Å². The maximum absolute atomic E-state index is 13.4. The van der Waals surface area contributed by atoms with Gasteiger partial charge in [0.15, 0.2) is 5.16 Å². The standard InChI is InChI=1S/C22H23FN4O2S/c23-19-7-5-18(6-8-19)22(9-11-29-12-10-22)14-24-20(28)17-3-1-16(2-4-17)13-30-21-25-15-26-27-21/h1-8,15H,9-14H2,(H,24,28)(H,25,26,27). The second kappa shape index (κ2) is 9.40. The third-order valence-electron chi connectivity index (χ3n) is 5.48. The predicted molar refractivity (Wildman–Crippen MR) is 113 cm³/mol. The van der Waals surface area contributed by atoms with Crippen molar-refractivity contribution in [3.8, 4) is 0 Å². The van der Waals surface area contributed by atoms with Crippen LogP contribution in [-0.4, -0.2) is 40.8 Å². The number of aromatic amines is 1. The summed E-state index contributed by atoms with van der Waals surface area (Å²) in [6, 6.07) is 14.1. The number of ether oxygens (including phenoxy) is 1. The summed E-state index contributed by atoms with van der Waals surface area (Å²) in [5.74, 6) is 0.370. The van der Waals surface area contributed by atoms with Gasteiger partial charge in [-0.25, -0.2) is 9.37 Å². The molecular formula is C22H23FN4O2S. The van der Waals surface area contributed by atoms with Crippen molar-refractivity contribution in [1.29, 1.82) is 0 Å². The molecular weight excluding hydrogens is 403 g/mol. The van der Waals surface area contributed by atoms with Crippen molar-refractivity contribution in [2.45, 2.75) is 29.2 Å². The monoisotopic (exact) mass is 426 g/mol. The molecule has 30 heavy (non-hydrogen) atoms. The molecule has 0 bridgehead atoms. The number of amides is 1. The molecule has 8 heteroatoms. The van der Waals surface area contributed by atoms with Crippen LogP contribution in [0.4, 0.5) is 4.39 Å². The van der Waals surface area contributed by atoms with E-state index in [1.165, 1.54) is 18.5 Å². The highest BCUT2D eigenvalue weighted by Crippen LogP contribution is 2.34. The zero-order chi connectivity index (χ0) is 20.8. The average molecular weight is 427 g/mol. The van der Waals surface area contributed by atoms with Crippen molar-refractivity contribution >= 4 is 17.7 Å². The van der Waals surface area contributed by atoms with Crippen LogP contribution in [-0.2, 0) is 15.9 Å². The minimum Gasteiger partial charge on any atom is -0.381 e. The van der Waals surface area contributed by atoms with Crippen LogP contribution in [0.3, 0.4) is 0 Å². The molecule has 1 aliphatic heterocycles. The number of nitrogens with zero attached hydrogens (tertiary/aromatic N) is 2. The highest BCUT2D eigenvalue weighted by molar-refractivity contribution is 7.98. The first-order valence-corrected chi connectivity index (χ1v) is 10.8. The van der Waals surface area contributed by atoms with E-state index in [2.05, 4.69) is 20.5 Å². The van der Waals surface area contributed by atoms with Gasteiger partial charge in [0.1, 0.15) is 12.1 Å². The van der Waals surface area contributed by atoms with Crippen LogP contribution in [0.5, 0.6) is 0 Å². The van der Waals surface area contributed by atoms with Gasteiger partial charge in [-0.05, 0) is 48.2 Å². The fraction of sp³-hybridized carbons (Fsp3) is 0.318. The van der Waals surface area contributed by atoms with Gasteiger partial charge in [0, 0.05) is 36.5 Å². The smallest absolute Gasteiger partial charge is 0.251 e. The number of H-pyrrole nitrogens is 1. The Balaban J connectivity index is 1.39. The summed E-state index contributed by atoms with van der Waals surface area (Å²) in [7, 11) is 0. The maximum Gasteiger partial charge on any atom is 0.251 e. The molecule has 1 aromatic heterocycles. The fourth-order valence-corrected chi connectivity index (χ4v) is 4.39.